The van der Waals surface area contributed by atoms with E-state index in [2.05, 4.69) is 14.5 Å². The average Bonchev–Trinajstić information content (AvgIpc) is 3.10. The molecule has 1 aliphatic rings. The highest BCUT2D eigenvalue weighted by atomic mass is 35.5. The number of nitrogens with zero attached hydrogens (tertiary/aromatic N) is 3. The Bertz CT molecular complexity index is 1340. The molecule has 0 aliphatic carbocycles. The Balaban J connectivity index is 1.63. The number of alkyl halides is 4. The zero-order valence-corrected chi connectivity index (χ0v) is 19.8. The lowest BCUT2D eigenvalue weighted by Crippen LogP contribution is -2.52. The third kappa shape index (κ3) is 4.73. The first-order valence-corrected chi connectivity index (χ1v) is 11.1. The third-order valence-electron chi connectivity index (χ3n) is 4.71. The molecule has 3 aromatic rings. The molecule has 0 unspecified atom stereocenters. The summed E-state index contributed by atoms with van der Waals surface area (Å²) in [6.07, 6.45) is -8.03. The monoisotopic (exact) mass is 535 g/mol. The fourth-order valence-electron chi connectivity index (χ4n) is 3.07. The second-order valence-electron chi connectivity index (χ2n) is 7.36. The number of aryl methyl sites for hydroxylation is 1. The summed E-state index contributed by atoms with van der Waals surface area (Å²) in [6.45, 7) is 1.97. The molecule has 0 bridgehead atoms. The van der Waals surface area contributed by atoms with Crippen molar-refractivity contribution in [2.75, 3.05) is 7.05 Å². The number of thiazole rings is 1. The van der Waals surface area contributed by atoms with Gasteiger partial charge in [0.15, 0.2) is 16.3 Å². The lowest BCUT2D eigenvalue weighted by molar-refractivity contribution is -0.391. The highest BCUT2D eigenvalue weighted by Crippen LogP contribution is 2.47. The molecule has 0 radical (unpaired) electrons. The Kier molecular flexibility index (Phi) is 6.30. The number of carbonyl (C=O) groups is 1. The second-order valence-corrected chi connectivity index (χ2v) is 9.39. The summed E-state index contributed by atoms with van der Waals surface area (Å²) >= 11 is 13.1. The van der Waals surface area contributed by atoms with Gasteiger partial charge in [0.1, 0.15) is 0 Å². The van der Waals surface area contributed by atoms with Crippen molar-refractivity contribution < 1.29 is 31.8 Å². The molecule has 34 heavy (non-hydrogen) atoms. The number of amides is 2. The van der Waals surface area contributed by atoms with E-state index in [0.717, 1.165) is 22.6 Å². The summed E-state index contributed by atoms with van der Waals surface area (Å²) in [5, 5.41) is 0.741. The number of urea groups is 1. The maximum Gasteiger partial charge on any atom is 0.507 e. The Labute approximate surface area is 204 Å². The Morgan fingerprint density at radius 1 is 1.06 bits per heavy atom. The standard InChI is InChI=1S/C21H15Cl2F4N3O3S/c1-11-9-30(13-4-6-16-17(8-13)33-21(26,27)20(24,25)32-16)19(34-11)28-18(31)29(2)10-12-3-5-14(22)15(23)7-12/h3-9H,10H2,1-2H3/b28-19-. The molecular formula is C21H15Cl2F4N3O3S. The highest BCUT2D eigenvalue weighted by molar-refractivity contribution is 7.09. The van der Waals surface area contributed by atoms with Crippen molar-refractivity contribution in [3.8, 4) is 17.2 Å². The van der Waals surface area contributed by atoms with Crippen LogP contribution < -0.4 is 14.3 Å². The van der Waals surface area contributed by atoms with Gasteiger partial charge in [0.25, 0.3) is 0 Å². The van der Waals surface area contributed by atoms with Crippen molar-refractivity contribution in [2.24, 2.45) is 4.99 Å². The molecule has 0 fully saturated rings. The summed E-state index contributed by atoms with van der Waals surface area (Å²) in [7, 11) is 1.55. The molecule has 2 amide bonds. The molecular weight excluding hydrogens is 521 g/mol. The van der Waals surface area contributed by atoms with Gasteiger partial charge in [0.2, 0.25) is 0 Å². The van der Waals surface area contributed by atoms with Crippen LogP contribution in [0.4, 0.5) is 22.4 Å². The smallest absolute Gasteiger partial charge is 0.421 e. The minimum Gasteiger partial charge on any atom is -0.421 e. The molecule has 0 atom stereocenters. The van der Waals surface area contributed by atoms with E-state index < -0.39 is 29.7 Å². The van der Waals surface area contributed by atoms with E-state index in [-0.39, 0.29) is 17.0 Å². The fourth-order valence-corrected chi connectivity index (χ4v) is 4.22. The lowest BCUT2D eigenvalue weighted by atomic mass is 10.2. The number of hydrogen-bond donors (Lipinski definition) is 0. The van der Waals surface area contributed by atoms with Gasteiger partial charge in [-0.15, -0.1) is 11.3 Å². The van der Waals surface area contributed by atoms with E-state index in [4.69, 9.17) is 23.2 Å². The van der Waals surface area contributed by atoms with Crippen molar-refractivity contribution in [1.29, 1.82) is 0 Å². The SMILES string of the molecule is Cc1cn(-c2ccc3c(c2)OC(F)(F)C(F)(F)O3)/c(=N/C(=O)N(C)Cc2ccc(Cl)c(Cl)c2)s1. The van der Waals surface area contributed by atoms with Crippen molar-refractivity contribution in [2.45, 2.75) is 25.7 Å². The van der Waals surface area contributed by atoms with Crippen LogP contribution in [0.5, 0.6) is 11.5 Å². The minimum atomic E-state index is -4.84. The maximum absolute atomic E-state index is 13.6. The van der Waals surface area contributed by atoms with E-state index >= 15 is 0 Å². The molecule has 0 N–H and O–H groups in total. The molecule has 0 saturated carbocycles. The van der Waals surface area contributed by atoms with Crippen molar-refractivity contribution >= 4 is 40.6 Å². The summed E-state index contributed by atoms with van der Waals surface area (Å²) in [6, 6.07) is 7.94. The van der Waals surface area contributed by atoms with Gasteiger partial charge < -0.3 is 14.4 Å². The molecule has 2 aromatic carbocycles. The van der Waals surface area contributed by atoms with Gasteiger partial charge in [-0.05, 0) is 36.8 Å². The number of hydrogen-bond acceptors (Lipinski definition) is 4. The predicted octanol–water partition coefficient (Wildman–Crippen LogP) is 6.26. The van der Waals surface area contributed by atoms with E-state index in [1.54, 1.807) is 38.4 Å². The van der Waals surface area contributed by atoms with Gasteiger partial charge in [0.05, 0.1) is 15.7 Å². The normalized spacial score (nSPS) is 16.4. The molecule has 2 heterocycles. The zero-order chi connectivity index (χ0) is 24.8. The third-order valence-corrected chi connectivity index (χ3v) is 6.35. The van der Waals surface area contributed by atoms with Crippen LogP contribution in [0.3, 0.4) is 0 Å². The van der Waals surface area contributed by atoms with Gasteiger partial charge in [0, 0.05) is 30.7 Å². The van der Waals surface area contributed by atoms with Crippen LogP contribution >= 0.6 is 34.5 Å². The van der Waals surface area contributed by atoms with E-state index in [1.807, 2.05) is 0 Å². The first-order valence-electron chi connectivity index (χ1n) is 9.57. The van der Waals surface area contributed by atoms with E-state index in [0.29, 0.717) is 10.0 Å². The van der Waals surface area contributed by atoms with E-state index in [1.165, 1.54) is 26.9 Å². The Morgan fingerprint density at radius 3 is 2.41 bits per heavy atom. The number of rotatable bonds is 3. The lowest BCUT2D eigenvalue weighted by Gasteiger charge is -2.31. The highest BCUT2D eigenvalue weighted by Gasteiger charge is 2.65. The van der Waals surface area contributed by atoms with Gasteiger partial charge in [-0.25, -0.2) is 4.79 Å². The zero-order valence-electron chi connectivity index (χ0n) is 17.5. The van der Waals surface area contributed by atoms with Crippen LogP contribution in [0.1, 0.15) is 10.4 Å². The molecule has 1 aromatic heterocycles. The first kappa shape index (κ1) is 24.4. The first-order chi connectivity index (χ1) is 15.9. The molecule has 6 nitrogen and oxygen atoms in total. The van der Waals surface area contributed by atoms with Crippen molar-refractivity contribution in [3.05, 3.63) is 67.9 Å². The Morgan fingerprint density at radius 2 is 1.74 bits per heavy atom. The topological polar surface area (TPSA) is 56.1 Å². The molecule has 0 saturated heterocycles. The molecule has 4 rings (SSSR count). The van der Waals surface area contributed by atoms with Gasteiger partial charge in [-0.2, -0.15) is 22.6 Å². The fraction of sp³-hybridized carbons (Fsp3) is 0.238. The van der Waals surface area contributed by atoms with Crippen LogP contribution in [-0.2, 0) is 6.54 Å². The number of fused-ring (bicyclic) bond motifs is 1. The number of ether oxygens (including phenoxy) is 2. The van der Waals surface area contributed by atoms with Gasteiger partial charge in [-0.3, -0.25) is 4.57 Å². The van der Waals surface area contributed by atoms with Crippen LogP contribution in [0.15, 0.2) is 47.6 Å². The quantitative estimate of drug-likeness (QED) is 0.372. The molecule has 1 aliphatic heterocycles. The van der Waals surface area contributed by atoms with E-state index in [9.17, 15) is 22.4 Å². The van der Waals surface area contributed by atoms with Crippen LogP contribution in [0.2, 0.25) is 10.0 Å². The molecule has 180 valence electrons. The maximum atomic E-state index is 13.6. The Hall–Kier alpha value is -2.76. The van der Waals surface area contributed by atoms with Crippen LogP contribution in [0.25, 0.3) is 5.69 Å². The predicted molar refractivity (Wildman–Crippen MR) is 118 cm³/mol. The summed E-state index contributed by atoms with van der Waals surface area (Å²) in [4.78, 5) is 19.2. The molecule has 13 heteroatoms. The minimum absolute atomic E-state index is 0.205. The van der Waals surface area contributed by atoms with Gasteiger partial charge >= 0.3 is 18.2 Å². The second kappa shape index (κ2) is 8.79. The summed E-state index contributed by atoms with van der Waals surface area (Å²) < 4.78 is 63.7. The number of halogens is 6. The van der Waals surface area contributed by atoms with Crippen LogP contribution in [-0.4, -0.2) is 34.8 Å². The number of carbonyl (C=O) groups excluding carboxylic acids is 1. The van der Waals surface area contributed by atoms with Crippen molar-refractivity contribution in [3.63, 3.8) is 0 Å². The van der Waals surface area contributed by atoms with Crippen LogP contribution in [0, 0.1) is 6.92 Å². The summed E-state index contributed by atoms with van der Waals surface area (Å²) in [5.74, 6) is -1.11. The average molecular weight is 536 g/mol. The van der Waals surface area contributed by atoms with Crippen molar-refractivity contribution in [1.82, 2.24) is 9.47 Å². The number of benzene rings is 2. The number of aromatic nitrogens is 1. The summed E-state index contributed by atoms with van der Waals surface area (Å²) in [5.41, 5.74) is 0.992. The molecule has 0 spiro atoms. The largest absolute Gasteiger partial charge is 0.507 e. The van der Waals surface area contributed by atoms with Gasteiger partial charge in [-0.1, -0.05) is 29.3 Å².